The number of ether oxygens (including phenoxy) is 1. The smallest absolute Gasteiger partial charge is 0.270 e. The van der Waals surface area contributed by atoms with Crippen LogP contribution in [0.25, 0.3) is 0 Å². The second kappa shape index (κ2) is 10.4. The standard InChI is InChI=1S/C24H25N3O4/c1-26(2)23-12-11-21(27(29)30)14-22(23)24(28)25-15-19-9-6-10-20(13-19)17-31-16-18-7-4-3-5-8-18/h3-14H,15-17H2,1-2H3,(H,25,28). The SMILES string of the molecule is CN(C)c1ccc([N+](=O)[O-])cc1C(=O)NCc1cccc(COCc2ccccc2)c1. The van der Waals surface area contributed by atoms with E-state index in [2.05, 4.69) is 5.32 Å². The zero-order valence-corrected chi connectivity index (χ0v) is 17.6. The van der Waals surface area contributed by atoms with E-state index < -0.39 is 4.92 Å². The Hall–Kier alpha value is -3.71. The molecule has 3 aromatic carbocycles. The summed E-state index contributed by atoms with van der Waals surface area (Å²) in [5.41, 5.74) is 3.80. The maximum absolute atomic E-state index is 12.7. The number of rotatable bonds is 9. The summed E-state index contributed by atoms with van der Waals surface area (Å²) in [6.07, 6.45) is 0. The molecule has 7 nitrogen and oxygen atoms in total. The summed E-state index contributed by atoms with van der Waals surface area (Å²) in [4.78, 5) is 25.1. The van der Waals surface area contributed by atoms with Crippen molar-refractivity contribution >= 4 is 17.3 Å². The Kier molecular flexibility index (Phi) is 7.35. The first-order valence-corrected chi connectivity index (χ1v) is 9.87. The van der Waals surface area contributed by atoms with E-state index in [0.717, 1.165) is 16.7 Å². The Balaban J connectivity index is 1.62. The van der Waals surface area contributed by atoms with Crippen LogP contribution in [0.15, 0.2) is 72.8 Å². The van der Waals surface area contributed by atoms with Crippen LogP contribution < -0.4 is 10.2 Å². The van der Waals surface area contributed by atoms with Gasteiger partial charge in [-0.3, -0.25) is 14.9 Å². The number of nitro benzene ring substituents is 1. The summed E-state index contributed by atoms with van der Waals surface area (Å²) < 4.78 is 5.78. The topological polar surface area (TPSA) is 84.7 Å². The number of benzene rings is 3. The molecule has 7 heteroatoms. The van der Waals surface area contributed by atoms with Crippen molar-refractivity contribution in [3.63, 3.8) is 0 Å². The van der Waals surface area contributed by atoms with Crippen molar-refractivity contribution in [2.45, 2.75) is 19.8 Å². The maximum Gasteiger partial charge on any atom is 0.270 e. The minimum atomic E-state index is -0.505. The molecule has 0 aromatic heterocycles. The molecule has 1 N–H and O–H groups in total. The summed E-state index contributed by atoms with van der Waals surface area (Å²) >= 11 is 0. The van der Waals surface area contributed by atoms with Gasteiger partial charge in [0.1, 0.15) is 0 Å². The van der Waals surface area contributed by atoms with E-state index in [4.69, 9.17) is 4.74 Å². The van der Waals surface area contributed by atoms with Gasteiger partial charge in [-0.2, -0.15) is 0 Å². The number of anilines is 1. The molecule has 0 spiro atoms. The van der Waals surface area contributed by atoms with Crippen LogP contribution in [-0.4, -0.2) is 24.9 Å². The van der Waals surface area contributed by atoms with Crippen LogP contribution in [0.3, 0.4) is 0 Å². The Labute approximate surface area is 181 Å². The monoisotopic (exact) mass is 419 g/mol. The molecule has 3 rings (SSSR count). The molecular weight excluding hydrogens is 394 g/mol. The number of hydrogen-bond donors (Lipinski definition) is 1. The van der Waals surface area contributed by atoms with Crippen molar-refractivity contribution in [2.75, 3.05) is 19.0 Å². The van der Waals surface area contributed by atoms with Crippen LogP contribution in [0, 0.1) is 10.1 Å². The maximum atomic E-state index is 12.7. The second-order valence-corrected chi connectivity index (χ2v) is 7.33. The van der Waals surface area contributed by atoms with Crippen LogP contribution >= 0.6 is 0 Å². The first-order chi connectivity index (χ1) is 14.9. The molecule has 1 amide bonds. The van der Waals surface area contributed by atoms with Crippen LogP contribution in [0.2, 0.25) is 0 Å². The van der Waals surface area contributed by atoms with Crippen molar-refractivity contribution in [1.82, 2.24) is 5.32 Å². The number of nitrogens with one attached hydrogen (secondary N) is 1. The molecule has 0 radical (unpaired) electrons. The first-order valence-electron chi connectivity index (χ1n) is 9.87. The molecule has 0 bridgehead atoms. The number of carbonyl (C=O) groups excluding carboxylic acids is 1. The average molecular weight is 419 g/mol. The highest BCUT2D eigenvalue weighted by atomic mass is 16.6. The molecule has 0 atom stereocenters. The summed E-state index contributed by atoms with van der Waals surface area (Å²) in [5.74, 6) is -0.363. The molecule has 0 saturated heterocycles. The van der Waals surface area contributed by atoms with Gasteiger partial charge in [0.15, 0.2) is 0 Å². The third-order valence-electron chi connectivity index (χ3n) is 4.74. The number of nitrogens with zero attached hydrogens (tertiary/aromatic N) is 2. The van der Waals surface area contributed by atoms with Gasteiger partial charge in [0.25, 0.3) is 11.6 Å². The first kappa shape index (κ1) is 22.0. The van der Waals surface area contributed by atoms with E-state index >= 15 is 0 Å². The van der Waals surface area contributed by atoms with Crippen LogP contribution in [-0.2, 0) is 24.5 Å². The fourth-order valence-electron chi connectivity index (χ4n) is 3.18. The summed E-state index contributed by atoms with van der Waals surface area (Å²) in [6.45, 7) is 1.30. The molecule has 3 aromatic rings. The summed E-state index contributed by atoms with van der Waals surface area (Å²) in [5, 5.41) is 14.0. The lowest BCUT2D eigenvalue weighted by atomic mass is 10.1. The molecule has 31 heavy (non-hydrogen) atoms. The van der Waals surface area contributed by atoms with Gasteiger partial charge < -0.3 is 15.0 Å². The lowest BCUT2D eigenvalue weighted by Crippen LogP contribution is -2.25. The lowest BCUT2D eigenvalue weighted by molar-refractivity contribution is -0.384. The third-order valence-corrected chi connectivity index (χ3v) is 4.74. The Bertz CT molecular complexity index is 1050. The molecule has 0 saturated carbocycles. The van der Waals surface area contributed by atoms with Crippen LogP contribution in [0.4, 0.5) is 11.4 Å². The van der Waals surface area contributed by atoms with Gasteiger partial charge in [0.05, 0.1) is 23.7 Å². The van der Waals surface area contributed by atoms with Gasteiger partial charge in [-0.05, 0) is 22.8 Å². The zero-order valence-electron chi connectivity index (χ0n) is 17.6. The molecule has 0 unspecified atom stereocenters. The third kappa shape index (κ3) is 6.13. The highest BCUT2D eigenvalue weighted by molar-refractivity contribution is 6.00. The second-order valence-electron chi connectivity index (χ2n) is 7.33. The number of amides is 1. The normalized spacial score (nSPS) is 10.5. The predicted molar refractivity (Wildman–Crippen MR) is 120 cm³/mol. The van der Waals surface area contributed by atoms with Gasteiger partial charge in [-0.15, -0.1) is 0 Å². The van der Waals surface area contributed by atoms with Crippen molar-refractivity contribution in [3.8, 4) is 0 Å². The minimum absolute atomic E-state index is 0.117. The fraction of sp³-hybridized carbons (Fsp3) is 0.208. The lowest BCUT2D eigenvalue weighted by Gasteiger charge is -2.17. The van der Waals surface area contributed by atoms with Gasteiger partial charge in [-0.1, -0.05) is 54.6 Å². The molecule has 160 valence electrons. The minimum Gasteiger partial charge on any atom is -0.377 e. The van der Waals surface area contributed by atoms with Crippen LogP contribution in [0.1, 0.15) is 27.0 Å². The van der Waals surface area contributed by atoms with Gasteiger partial charge in [-0.25, -0.2) is 0 Å². The van der Waals surface area contributed by atoms with Crippen molar-refractivity contribution in [2.24, 2.45) is 0 Å². The van der Waals surface area contributed by atoms with Crippen molar-refractivity contribution in [3.05, 3.63) is 105 Å². The van der Waals surface area contributed by atoms with E-state index in [1.807, 2.05) is 54.6 Å². The molecule has 0 aliphatic heterocycles. The highest BCUT2D eigenvalue weighted by Gasteiger charge is 2.17. The number of carbonyl (C=O) groups is 1. The highest BCUT2D eigenvalue weighted by Crippen LogP contribution is 2.24. The molecule has 0 heterocycles. The van der Waals surface area contributed by atoms with E-state index in [9.17, 15) is 14.9 Å². The average Bonchev–Trinajstić information content (AvgIpc) is 2.78. The van der Waals surface area contributed by atoms with E-state index in [1.54, 1.807) is 25.1 Å². The summed E-state index contributed by atoms with van der Waals surface area (Å²) in [7, 11) is 3.58. The quantitative estimate of drug-likeness (QED) is 0.413. The Morgan fingerprint density at radius 2 is 1.61 bits per heavy atom. The molecule has 0 aliphatic carbocycles. The fourth-order valence-corrected chi connectivity index (χ4v) is 3.18. The molecule has 0 aliphatic rings. The largest absolute Gasteiger partial charge is 0.377 e. The van der Waals surface area contributed by atoms with E-state index in [0.29, 0.717) is 25.4 Å². The summed E-state index contributed by atoms with van der Waals surface area (Å²) in [6, 6.07) is 22.0. The Morgan fingerprint density at radius 1 is 0.935 bits per heavy atom. The number of nitro groups is 1. The van der Waals surface area contributed by atoms with Crippen molar-refractivity contribution in [1.29, 1.82) is 0 Å². The Morgan fingerprint density at radius 3 is 2.32 bits per heavy atom. The number of hydrogen-bond acceptors (Lipinski definition) is 5. The molecular formula is C24H25N3O4. The van der Waals surface area contributed by atoms with Crippen LogP contribution in [0.5, 0.6) is 0 Å². The van der Waals surface area contributed by atoms with Crippen molar-refractivity contribution < 1.29 is 14.5 Å². The molecule has 0 fully saturated rings. The van der Waals surface area contributed by atoms with Gasteiger partial charge in [0.2, 0.25) is 0 Å². The number of non-ortho nitro benzene ring substituents is 1. The van der Waals surface area contributed by atoms with Gasteiger partial charge >= 0.3 is 0 Å². The zero-order chi connectivity index (χ0) is 22.2. The predicted octanol–water partition coefficient (Wildman–Crippen LogP) is 4.31. The van der Waals surface area contributed by atoms with E-state index in [-0.39, 0.29) is 17.2 Å². The van der Waals surface area contributed by atoms with E-state index in [1.165, 1.54) is 12.1 Å². The van der Waals surface area contributed by atoms with Gasteiger partial charge in [0, 0.05) is 38.5 Å².